The SMILES string of the molecule is Cc1ccc(S(=O)(=O)O)cc1.O=C1C=CC2=CCNC=C2C1. The van der Waals surface area contributed by atoms with Gasteiger partial charge in [0.1, 0.15) is 0 Å². The van der Waals surface area contributed by atoms with E-state index >= 15 is 0 Å². The number of hydrogen-bond acceptors (Lipinski definition) is 4. The van der Waals surface area contributed by atoms with Crippen molar-refractivity contribution in [1.82, 2.24) is 5.32 Å². The molecule has 0 amide bonds. The number of nitrogens with one attached hydrogen (secondary N) is 1. The minimum atomic E-state index is -4.02. The number of carbonyl (C=O) groups is 1. The fourth-order valence-electron chi connectivity index (χ4n) is 2.03. The topological polar surface area (TPSA) is 83.5 Å². The first kappa shape index (κ1) is 16.2. The molecule has 1 aliphatic heterocycles. The van der Waals surface area contributed by atoms with Crippen LogP contribution < -0.4 is 5.32 Å². The average molecular weight is 319 g/mol. The third kappa shape index (κ3) is 4.41. The predicted molar refractivity (Wildman–Crippen MR) is 83.9 cm³/mol. The second kappa shape index (κ2) is 6.72. The second-order valence-electron chi connectivity index (χ2n) is 5.00. The van der Waals surface area contributed by atoms with E-state index in [2.05, 4.69) is 11.4 Å². The molecule has 0 saturated heterocycles. The molecule has 22 heavy (non-hydrogen) atoms. The van der Waals surface area contributed by atoms with E-state index < -0.39 is 10.1 Å². The summed E-state index contributed by atoms with van der Waals surface area (Å²) in [5, 5.41) is 3.08. The van der Waals surface area contributed by atoms with Crippen LogP contribution in [-0.4, -0.2) is 25.3 Å². The summed E-state index contributed by atoms with van der Waals surface area (Å²) in [5.41, 5.74) is 3.27. The lowest BCUT2D eigenvalue weighted by atomic mass is 9.94. The Kier molecular flexibility index (Phi) is 4.95. The van der Waals surface area contributed by atoms with Gasteiger partial charge in [-0.15, -0.1) is 0 Å². The zero-order valence-corrected chi connectivity index (χ0v) is 12.9. The first-order valence-corrected chi connectivity index (χ1v) is 8.18. The molecule has 0 fully saturated rings. The molecule has 6 heteroatoms. The third-order valence-corrected chi connectivity index (χ3v) is 4.09. The molecule has 1 aromatic rings. The van der Waals surface area contributed by atoms with Gasteiger partial charge < -0.3 is 5.32 Å². The molecule has 2 aliphatic rings. The fraction of sp³-hybridized carbons (Fsp3) is 0.188. The van der Waals surface area contributed by atoms with Crippen molar-refractivity contribution < 1.29 is 17.8 Å². The first-order chi connectivity index (χ1) is 10.4. The Hall–Kier alpha value is -2.18. The maximum atomic E-state index is 10.9. The van der Waals surface area contributed by atoms with Crippen molar-refractivity contribution in [3.63, 3.8) is 0 Å². The smallest absolute Gasteiger partial charge is 0.294 e. The van der Waals surface area contributed by atoms with Gasteiger partial charge >= 0.3 is 0 Å². The van der Waals surface area contributed by atoms with Crippen molar-refractivity contribution in [3.8, 4) is 0 Å². The zero-order chi connectivity index (χ0) is 16.2. The van der Waals surface area contributed by atoms with Gasteiger partial charge in [-0.2, -0.15) is 8.42 Å². The number of fused-ring (bicyclic) bond motifs is 1. The lowest BCUT2D eigenvalue weighted by Crippen LogP contribution is -2.15. The number of ketones is 1. The van der Waals surface area contributed by atoms with Crippen molar-refractivity contribution in [2.75, 3.05) is 6.54 Å². The third-order valence-electron chi connectivity index (χ3n) is 3.22. The van der Waals surface area contributed by atoms with Crippen LogP contribution in [0.4, 0.5) is 0 Å². The number of benzene rings is 1. The van der Waals surface area contributed by atoms with E-state index in [4.69, 9.17) is 4.55 Å². The van der Waals surface area contributed by atoms with Crippen LogP contribution in [0, 0.1) is 6.92 Å². The minimum absolute atomic E-state index is 0.0666. The maximum Gasteiger partial charge on any atom is 0.294 e. The molecule has 1 aliphatic carbocycles. The van der Waals surface area contributed by atoms with Crippen molar-refractivity contribution >= 4 is 15.9 Å². The number of hydrogen-bond donors (Lipinski definition) is 2. The van der Waals surface area contributed by atoms with Gasteiger partial charge in [-0.05, 0) is 36.3 Å². The lowest BCUT2D eigenvalue weighted by molar-refractivity contribution is -0.114. The number of carbonyl (C=O) groups excluding carboxylic acids is 1. The highest BCUT2D eigenvalue weighted by atomic mass is 32.2. The number of aryl methyl sites for hydroxylation is 1. The molecule has 0 bridgehead atoms. The Morgan fingerprint density at radius 3 is 2.45 bits per heavy atom. The van der Waals surface area contributed by atoms with Gasteiger partial charge in [0.2, 0.25) is 0 Å². The van der Waals surface area contributed by atoms with Crippen molar-refractivity contribution in [1.29, 1.82) is 0 Å². The summed E-state index contributed by atoms with van der Waals surface area (Å²) >= 11 is 0. The molecular formula is C16H17NO4S. The standard InChI is InChI=1S/C9H9NO.C7H8O3S/c11-9-2-1-7-3-4-10-6-8(7)5-9;1-6-2-4-7(5-3-6)11(8,9)10/h1-3,6,10H,4-5H2;2-5H,1H3,(H,8,9,10). The molecule has 0 aromatic heterocycles. The van der Waals surface area contributed by atoms with Gasteiger partial charge in [0.05, 0.1) is 4.90 Å². The summed E-state index contributed by atoms with van der Waals surface area (Å²) in [4.78, 5) is 10.9. The van der Waals surface area contributed by atoms with E-state index in [1.165, 1.54) is 17.7 Å². The van der Waals surface area contributed by atoms with E-state index in [1.54, 1.807) is 18.2 Å². The lowest BCUT2D eigenvalue weighted by Gasteiger charge is -2.16. The van der Waals surface area contributed by atoms with Gasteiger partial charge in [0.25, 0.3) is 10.1 Å². The zero-order valence-electron chi connectivity index (χ0n) is 12.1. The van der Waals surface area contributed by atoms with Crippen LogP contribution in [0.5, 0.6) is 0 Å². The first-order valence-electron chi connectivity index (χ1n) is 6.74. The molecular weight excluding hydrogens is 302 g/mol. The monoisotopic (exact) mass is 319 g/mol. The van der Waals surface area contributed by atoms with Crippen molar-refractivity contribution in [2.24, 2.45) is 0 Å². The van der Waals surface area contributed by atoms with E-state index in [1.807, 2.05) is 19.2 Å². The Balaban J connectivity index is 0.000000160. The Labute approximate surface area is 129 Å². The van der Waals surface area contributed by atoms with Crippen molar-refractivity contribution in [2.45, 2.75) is 18.2 Å². The molecule has 5 nitrogen and oxygen atoms in total. The summed E-state index contributed by atoms with van der Waals surface area (Å²) in [5.74, 6) is 0.192. The summed E-state index contributed by atoms with van der Waals surface area (Å²) in [6.45, 7) is 2.71. The molecule has 0 radical (unpaired) electrons. The van der Waals surface area contributed by atoms with Crippen LogP contribution in [0.3, 0.4) is 0 Å². The van der Waals surface area contributed by atoms with Crippen LogP contribution >= 0.6 is 0 Å². The highest BCUT2D eigenvalue weighted by molar-refractivity contribution is 7.85. The van der Waals surface area contributed by atoms with Gasteiger partial charge in [-0.3, -0.25) is 9.35 Å². The molecule has 0 spiro atoms. The van der Waals surface area contributed by atoms with E-state index in [0.717, 1.165) is 17.7 Å². The fourth-order valence-corrected chi connectivity index (χ4v) is 2.51. The molecule has 2 N–H and O–H groups in total. The van der Waals surface area contributed by atoms with Crippen LogP contribution in [0.15, 0.2) is 64.7 Å². The molecule has 1 heterocycles. The number of dihydropyridines is 1. The van der Waals surface area contributed by atoms with Crippen LogP contribution in [-0.2, 0) is 14.9 Å². The van der Waals surface area contributed by atoms with Crippen molar-refractivity contribution in [3.05, 3.63) is 65.4 Å². The summed E-state index contributed by atoms with van der Waals surface area (Å²) < 4.78 is 29.6. The highest BCUT2D eigenvalue weighted by Crippen LogP contribution is 2.21. The average Bonchev–Trinajstić information content (AvgIpc) is 2.47. The quantitative estimate of drug-likeness (QED) is 0.775. The normalized spacial score (nSPS) is 16.5. The van der Waals surface area contributed by atoms with Gasteiger partial charge in [-0.25, -0.2) is 0 Å². The van der Waals surface area contributed by atoms with E-state index in [-0.39, 0.29) is 10.7 Å². The Morgan fingerprint density at radius 1 is 1.14 bits per heavy atom. The van der Waals surface area contributed by atoms with Crippen LogP contribution in [0.25, 0.3) is 0 Å². The van der Waals surface area contributed by atoms with Gasteiger partial charge in [0, 0.05) is 19.2 Å². The van der Waals surface area contributed by atoms with Gasteiger partial charge in [0.15, 0.2) is 5.78 Å². The highest BCUT2D eigenvalue weighted by Gasteiger charge is 2.13. The second-order valence-corrected chi connectivity index (χ2v) is 6.42. The summed E-state index contributed by atoms with van der Waals surface area (Å²) in [7, 11) is -4.02. The van der Waals surface area contributed by atoms with E-state index in [0.29, 0.717) is 6.42 Å². The number of allylic oxidation sites excluding steroid dienone is 4. The molecule has 0 unspecified atom stereocenters. The molecule has 3 rings (SSSR count). The largest absolute Gasteiger partial charge is 0.387 e. The number of rotatable bonds is 1. The summed E-state index contributed by atoms with van der Waals surface area (Å²) in [6.07, 6.45) is 8.11. The summed E-state index contributed by atoms with van der Waals surface area (Å²) in [6, 6.07) is 5.99. The van der Waals surface area contributed by atoms with Crippen LogP contribution in [0.2, 0.25) is 0 Å². The van der Waals surface area contributed by atoms with Gasteiger partial charge in [-0.1, -0.05) is 29.8 Å². The molecule has 1 aromatic carbocycles. The Bertz CT molecular complexity index is 756. The molecule has 116 valence electrons. The minimum Gasteiger partial charge on any atom is -0.387 e. The van der Waals surface area contributed by atoms with E-state index in [9.17, 15) is 13.2 Å². The molecule has 0 saturated carbocycles. The molecule has 0 atom stereocenters. The Morgan fingerprint density at radius 2 is 1.82 bits per heavy atom. The van der Waals surface area contributed by atoms with Crippen LogP contribution in [0.1, 0.15) is 12.0 Å². The maximum absolute atomic E-state index is 10.9. The predicted octanol–water partition coefficient (Wildman–Crippen LogP) is 2.17.